The van der Waals surface area contributed by atoms with E-state index < -0.39 is 88.1 Å². The summed E-state index contributed by atoms with van der Waals surface area (Å²) < 4.78 is 5.72. The predicted molar refractivity (Wildman–Crippen MR) is 126 cm³/mol. The van der Waals surface area contributed by atoms with Gasteiger partial charge < -0.3 is 26.4 Å². The molecule has 2 fully saturated rings. The lowest BCUT2D eigenvalue weighted by Gasteiger charge is -2.56. The van der Waals surface area contributed by atoms with Crippen LogP contribution >= 0.6 is 0 Å². The van der Waals surface area contributed by atoms with E-state index in [1.54, 1.807) is 6.92 Å². The maximum Gasteiger partial charge on any atom is 0.305 e. The maximum absolute atomic E-state index is 14.0. The molecule has 1 amide bonds. The van der Waals surface area contributed by atoms with E-state index in [9.17, 15) is 39.0 Å². The van der Waals surface area contributed by atoms with Crippen LogP contribution in [0.3, 0.4) is 0 Å². The van der Waals surface area contributed by atoms with Crippen molar-refractivity contribution in [2.75, 3.05) is 19.8 Å². The number of aromatic hydroxyl groups is 1. The van der Waals surface area contributed by atoms with Gasteiger partial charge in [-0.3, -0.25) is 33.7 Å². The Kier molecular flexibility index (Phi) is 6.24. The number of amides is 1. The summed E-state index contributed by atoms with van der Waals surface area (Å²) in [7, 11) is 2.88. The van der Waals surface area contributed by atoms with Gasteiger partial charge in [0, 0.05) is 12.3 Å². The van der Waals surface area contributed by atoms with Gasteiger partial charge >= 0.3 is 5.97 Å². The topological polar surface area (TPSA) is 207 Å². The Labute approximate surface area is 211 Å². The molecule has 3 unspecified atom stereocenters. The molecule has 0 aromatic heterocycles. The highest BCUT2D eigenvalue weighted by molar-refractivity contribution is 6.32. The van der Waals surface area contributed by atoms with E-state index in [0.29, 0.717) is 5.56 Å². The van der Waals surface area contributed by atoms with E-state index >= 15 is 0 Å². The van der Waals surface area contributed by atoms with Crippen molar-refractivity contribution >= 4 is 40.7 Å². The Morgan fingerprint density at radius 2 is 1.76 bits per heavy atom. The highest BCUT2D eigenvalue weighted by Gasteiger charge is 2.74. The molecule has 198 valence electrons. The van der Waals surface area contributed by atoms with Crippen molar-refractivity contribution in [3.63, 3.8) is 0 Å². The van der Waals surface area contributed by atoms with Crippen LogP contribution in [0.15, 0.2) is 12.1 Å². The SMILES string of the molecule is CCC(=O)O[C@H]1[C@H]2C(C(=O)c3c(ccc(N)c3O)[C@@H]2C)C(=O)[C@]2(O)C(=O)C(C(N)=O)C(=O)C(N(C)C)[C@H]12. The minimum Gasteiger partial charge on any atom is -0.505 e. The zero-order chi connectivity index (χ0) is 27.7. The van der Waals surface area contributed by atoms with Crippen molar-refractivity contribution in [3.05, 3.63) is 23.3 Å². The number of nitrogens with two attached hydrogens (primary N) is 2. The van der Waals surface area contributed by atoms with Gasteiger partial charge in [0.2, 0.25) is 5.91 Å². The maximum atomic E-state index is 14.0. The lowest BCUT2D eigenvalue weighted by atomic mass is 9.49. The fourth-order valence-electron chi connectivity index (χ4n) is 6.36. The average Bonchev–Trinajstić information content (AvgIpc) is 2.82. The van der Waals surface area contributed by atoms with Crippen molar-refractivity contribution in [2.24, 2.45) is 29.4 Å². The molecule has 3 aliphatic rings. The number of rotatable bonds is 4. The highest BCUT2D eigenvalue weighted by Crippen LogP contribution is 2.55. The minimum absolute atomic E-state index is 0.109. The van der Waals surface area contributed by atoms with Gasteiger partial charge in [-0.15, -0.1) is 0 Å². The van der Waals surface area contributed by atoms with Crippen LogP contribution in [0.2, 0.25) is 0 Å². The van der Waals surface area contributed by atoms with Gasteiger partial charge in [0.25, 0.3) is 0 Å². The molecule has 1 aromatic carbocycles. The number of phenols is 1. The quantitative estimate of drug-likeness (QED) is 0.164. The summed E-state index contributed by atoms with van der Waals surface area (Å²) >= 11 is 0. The summed E-state index contributed by atoms with van der Waals surface area (Å²) in [6, 6.07) is 1.47. The monoisotopic (exact) mass is 515 g/mol. The third kappa shape index (κ3) is 3.42. The molecule has 0 radical (unpaired) electrons. The molecule has 37 heavy (non-hydrogen) atoms. The fourth-order valence-corrected chi connectivity index (χ4v) is 6.36. The predicted octanol–water partition coefficient (Wildman–Crippen LogP) is -1.06. The highest BCUT2D eigenvalue weighted by atomic mass is 16.5. The number of benzene rings is 1. The van der Waals surface area contributed by atoms with Gasteiger partial charge in [0.15, 0.2) is 34.7 Å². The number of likely N-dealkylation sites (N-methyl/N-ethyl adjacent to an activating group) is 1. The van der Waals surface area contributed by atoms with Crippen LogP contribution in [0.5, 0.6) is 5.75 Å². The Balaban J connectivity index is 2.04. The normalized spacial score (nSPS) is 35.0. The van der Waals surface area contributed by atoms with Crippen LogP contribution < -0.4 is 11.5 Å². The summed E-state index contributed by atoms with van der Waals surface area (Å²) in [5.74, 6) is -14.5. The number of hydrogen-bond acceptors (Lipinski definition) is 11. The summed E-state index contributed by atoms with van der Waals surface area (Å²) in [5.41, 5.74) is 8.04. The van der Waals surface area contributed by atoms with Gasteiger partial charge in [-0.2, -0.15) is 0 Å². The van der Waals surface area contributed by atoms with Crippen LogP contribution in [0, 0.1) is 23.7 Å². The number of nitrogen functional groups attached to an aromatic ring is 1. The number of carbonyl (C=O) groups excluding carboxylic acids is 6. The van der Waals surface area contributed by atoms with E-state index in [1.165, 1.54) is 38.1 Å². The van der Waals surface area contributed by atoms with Crippen molar-refractivity contribution in [1.82, 2.24) is 4.90 Å². The second kappa shape index (κ2) is 8.73. The Bertz CT molecular complexity index is 1260. The molecule has 3 aliphatic carbocycles. The summed E-state index contributed by atoms with van der Waals surface area (Å²) in [6.07, 6.45) is -1.57. The van der Waals surface area contributed by atoms with Crippen molar-refractivity contribution in [3.8, 4) is 5.75 Å². The Morgan fingerprint density at radius 1 is 1.14 bits per heavy atom. The number of fused-ring (bicyclic) bond motifs is 3. The number of ether oxygens (including phenoxy) is 1. The second-order valence-corrected chi connectivity index (χ2v) is 10.2. The number of anilines is 1. The number of nitrogens with zero attached hydrogens (tertiary/aromatic N) is 1. The number of Topliss-reactive ketones (excluding diaryl/α,β-unsaturated/α-hetero) is 4. The molecule has 0 aliphatic heterocycles. The smallest absolute Gasteiger partial charge is 0.305 e. The molecule has 12 heteroatoms. The molecule has 0 saturated heterocycles. The Morgan fingerprint density at radius 3 is 2.30 bits per heavy atom. The van der Waals surface area contributed by atoms with E-state index in [1.807, 2.05) is 0 Å². The van der Waals surface area contributed by atoms with E-state index in [0.717, 1.165) is 0 Å². The number of esters is 1. The fraction of sp³-hybridized carbons (Fsp3) is 0.520. The number of primary amides is 1. The molecular formula is C25H29N3O9. The molecular weight excluding hydrogens is 486 g/mol. The molecule has 6 N–H and O–H groups in total. The first-order valence-corrected chi connectivity index (χ1v) is 11.9. The van der Waals surface area contributed by atoms with Crippen LogP contribution in [-0.2, 0) is 28.7 Å². The largest absolute Gasteiger partial charge is 0.505 e. The van der Waals surface area contributed by atoms with Gasteiger partial charge in [-0.25, -0.2) is 0 Å². The zero-order valence-corrected chi connectivity index (χ0v) is 20.8. The van der Waals surface area contributed by atoms with Gasteiger partial charge in [0.1, 0.15) is 11.9 Å². The standard InChI is InChI=1S/C25H29N3O9/c1-5-11(29)37-21-12-8(2)9-6-7-10(26)18(30)13(9)19(31)14(12)22(33)25(36)16(21)17(28(3)4)20(32)15(23(25)34)24(27)35/h6-8,12,14-17,21,30,36H,5,26H2,1-4H3,(H2,27,35)/t8-,12+,14?,15?,16+,17?,21-,25-/m0/s1. The van der Waals surface area contributed by atoms with Gasteiger partial charge in [0.05, 0.1) is 29.1 Å². The average molecular weight is 516 g/mol. The van der Waals surface area contributed by atoms with E-state index in [-0.39, 0.29) is 17.7 Å². The second-order valence-electron chi connectivity index (χ2n) is 10.2. The molecule has 8 atom stereocenters. The number of carbonyl (C=O) groups is 6. The Hall–Kier alpha value is -3.64. The number of aliphatic hydroxyl groups is 1. The lowest BCUT2D eigenvalue weighted by Crippen LogP contribution is -2.78. The first kappa shape index (κ1) is 26.4. The van der Waals surface area contributed by atoms with Crippen LogP contribution in [0.25, 0.3) is 0 Å². The van der Waals surface area contributed by atoms with Crippen LogP contribution in [-0.4, -0.2) is 82.0 Å². The van der Waals surface area contributed by atoms with E-state index in [4.69, 9.17) is 16.2 Å². The summed E-state index contributed by atoms with van der Waals surface area (Å²) in [6.45, 7) is 3.15. The first-order valence-electron chi connectivity index (χ1n) is 11.9. The van der Waals surface area contributed by atoms with Crippen molar-refractivity contribution < 1.29 is 43.7 Å². The molecule has 0 spiro atoms. The minimum atomic E-state index is -3.05. The van der Waals surface area contributed by atoms with Crippen LogP contribution in [0.1, 0.15) is 42.1 Å². The van der Waals surface area contributed by atoms with Gasteiger partial charge in [-0.1, -0.05) is 19.9 Å². The number of ketones is 4. The van der Waals surface area contributed by atoms with Crippen molar-refractivity contribution in [2.45, 2.75) is 43.9 Å². The van der Waals surface area contributed by atoms with Gasteiger partial charge in [-0.05, 0) is 31.6 Å². The summed E-state index contributed by atoms with van der Waals surface area (Å²) in [4.78, 5) is 80.7. The molecule has 4 rings (SSSR count). The van der Waals surface area contributed by atoms with Crippen molar-refractivity contribution in [1.29, 1.82) is 0 Å². The van der Waals surface area contributed by atoms with E-state index in [2.05, 4.69) is 0 Å². The molecule has 1 aromatic rings. The third-order valence-corrected chi connectivity index (χ3v) is 8.05. The lowest BCUT2D eigenvalue weighted by molar-refractivity contribution is -0.205. The molecule has 0 bridgehead atoms. The number of hydrogen-bond donors (Lipinski definition) is 4. The first-order chi connectivity index (χ1) is 17.2. The molecule has 2 saturated carbocycles. The third-order valence-electron chi connectivity index (χ3n) is 8.05. The summed E-state index contributed by atoms with van der Waals surface area (Å²) in [5, 5.41) is 22.4. The molecule has 12 nitrogen and oxygen atoms in total. The van der Waals surface area contributed by atoms with Crippen LogP contribution in [0.4, 0.5) is 5.69 Å². The zero-order valence-electron chi connectivity index (χ0n) is 20.8. The molecule has 0 heterocycles. The number of phenolic OH excluding ortho intramolecular Hbond substituents is 1.